The zero-order valence-electron chi connectivity index (χ0n) is 16.0. The van der Waals surface area contributed by atoms with Crippen LogP contribution in [0.2, 0.25) is 0 Å². The number of fused-ring (bicyclic) bond motifs is 1. The van der Waals surface area contributed by atoms with E-state index in [-0.39, 0.29) is 17.2 Å². The van der Waals surface area contributed by atoms with Gasteiger partial charge in [-0.05, 0) is 61.8 Å². The molecule has 4 rings (SSSR count). The molecule has 0 aliphatic carbocycles. The highest BCUT2D eigenvalue weighted by Gasteiger charge is 2.58. The summed E-state index contributed by atoms with van der Waals surface area (Å²) in [4.78, 5) is 26.9. The van der Waals surface area contributed by atoms with Gasteiger partial charge in [-0.2, -0.15) is 0 Å². The Kier molecular flexibility index (Phi) is 4.95. The van der Waals surface area contributed by atoms with Gasteiger partial charge in [0.05, 0.1) is 17.6 Å². The van der Waals surface area contributed by atoms with E-state index in [1.807, 2.05) is 0 Å². The van der Waals surface area contributed by atoms with Crippen LogP contribution in [-0.4, -0.2) is 63.4 Å². The molecule has 0 saturated carbocycles. The number of amides is 1. The van der Waals surface area contributed by atoms with E-state index >= 15 is 0 Å². The predicted octanol–water partition coefficient (Wildman–Crippen LogP) is 1.59. The normalized spacial score (nSPS) is 27.0. The first-order chi connectivity index (χ1) is 13.4. The third-order valence-electron chi connectivity index (χ3n) is 6.37. The number of sulfone groups is 1. The van der Waals surface area contributed by atoms with Gasteiger partial charge in [-0.1, -0.05) is 0 Å². The summed E-state index contributed by atoms with van der Waals surface area (Å²) in [5.74, 6) is -0.393. The van der Waals surface area contributed by atoms with Crippen molar-refractivity contribution in [3.63, 3.8) is 0 Å². The molecule has 0 radical (unpaired) electrons. The molecule has 0 bridgehead atoms. The molecule has 2 saturated heterocycles. The second-order valence-electron chi connectivity index (χ2n) is 7.87. The number of hydrogen-bond donors (Lipinski definition) is 0. The second kappa shape index (κ2) is 7.15. The van der Waals surface area contributed by atoms with Crippen LogP contribution in [0.4, 0.5) is 0 Å². The molecule has 8 heteroatoms. The van der Waals surface area contributed by atoms with E-state index in [2.05, 4.69) is 0 Å². The van der Waals surface area contributed by atoms with Gasteiger partial charge in [0.15, 0.2) is 14.6 Å². The topological polar surface area (TPSA) is 90.0 Å². The fourth-order valence-electron chi connectivity index (χ4n) is 4.67. The van der Waals surface area contributed by atoms with Gasteiger partial charge in [0, 0.05) is 26.3 Å². The van der Waals surface area contributed by atoms with E-state index in [9.17, 15) is 18.0 Å². The van der Waals surface area contributed by atoms with Crippen LogP contribution >= 0.6 is 0 Å². The molecule has 0 aromatic heterocycles. The van der Waals surface area contributed by atoms with Crippen molar-refractivity contribution in [3.05, 3.63) is 29.3 Å². The van der Waals surface area contributed by atoms with Crippen LogP contribution in [0.25, 0.3) is 0 Å². The van der Waals surface area contributed by atoms with Crippen molar-refractivity contribution in [1.82, 2.24) is 4.90 Å². The Morgan fingerprint density at radius 1 is 1.29 bits per heavy atom. The molecule has 1 aromatic carbocycles. The zero-order valence-corrected chi connectivity index (χ0v) is 16.8. The number of methoxy groups -OCH3 is 1. The summed E-state index contributed by atoms with van der Waals surface area (Å²) in [5, 5.41) is 0. The zero-order chi connectivity index (χ0) is 19.9. The highest BCUT2D eigenvalue weighted by Crippen LogP contribution is 2.44. The van der Waals surface area contributed by atoms with E-state index in [4.69, 9.17) is 9.47 Å². The number of ether oxygens (including phenoxy) is 2. The Balaban J connectivity index is 1.61. The first-order valence-electron chi connectivity index (χ1n) is 9.72. The lowest BCUT2D eigenvalue weighted by Crippen LogP contribution is -2.50. The number of nitrogens with zero attached hydrogens (tertiary/aromatic N) is 1. The monoisotopic (exact) mass is 407 g/mol. The molecule has 1 aromatic rings. The summed E-state index contributed by atoms with van der Waals surface area (Å²) in [7, 11) is -2.53. The summed E-state index contributed by atoms with van der Waals surface area (Å²) in [5.41, 5.74) is 0.912. The Morgan fingerprint density at radius 2 is 2.04 bits per heavy atom. The van der Waals surface area contributed by atoms with Crippen molar-refractivity contribution in [2.24, 2.45) is 5.92 Å². The SMILES string of the molecule is COC(=O)c1ccc2c(c1)CCC1(CCN(CC3CCOCC3)C1=O)S2(=O)=O. The van der Waals surface area contributed by atoms with Crippen LogP contribution in [0.1, 0.15) is 41.6 Å². The van der Waals surface area contributed by atoms with Gasteiger partial charge in [0.25, 0.3) is 0 Å². The van der Waals surface area contributed by atoms with Crippen molar-refractivity contribution < 1.29 is 27.5 Å². The molecule has 28 heavy (non-hydrogen) atoms. The van der Waals surface area contributed by atoms with Gasteiger partial charge >= 0.3 is 5.97 Å². The lowest BCUT2D eigenvalue weighted by Gasteiger charge is -2.34. The molecule has 1 atom stereocenters. The Bertz CT molecular complexity index is 905. The average molecular weight is 407 g/mol. The van der Waals surface area contributed by atoms with Crippen molar-refractivity contribution >= 4 is 21.7 Å². The molecule has 3 aliphatic heterocycles. The van der Waals surface area contributed by atoms with Crippen LogP contribution in [0, 0.1) is 5.92 Å². The van der Waals surface area contributed by atoms with Crippen LogP contribution < -0.4 is 0 Å². The number of rotatable bonds is 3. The van der Waals surface area contributed by atoms with Crippen LogP contribution in [0.3, 0.4) is 0 Å². The van der Waals surface area contributed by atoms with Crippen molar-refractivity contribution in [3.8, 4) is 0 Å². The molecule has 2 fully saturated rings. The Labute approximate surface area is 164 Å². The minimum atomic E-state index is -3.82. The lowest BCUT2D eigenvalue weighted by molar-refractivity contribution is -0.131. The fraction of sp³-hybridized carbons (Fsp3) is 0.600. The summed E-state index contributed by atoms with van der Waals surface area (Å²) in [6.07, 6.45) is 2.85. The predicted molar refractivity (Wildman–Crippen MR) is 101 cm³/mol. The van der Waals surface area contributed by atoms with E-state index in [1.165, 1.54) is 19.2 Å². The number of esters is 1. The summed E-state index contributed by atoms with van der Waals surface area (Å²) < 4.78 is 35.6. The maximum absolute atomic E-state index is 13.4. The van der Waals surface area contributed by atoms with E-state index in [0.29, 0.717) is 56.2 Å². The third-order valence-corrected chi connectivity index (χ3v) is 8.95. The van der Waals surface area contributed by atoms with E-state index in [0.717, 1.165) is 12.8 Å². The van der Waals surface area contributed by atoms with Gasteiger partial charge in [-0.3, -0.25) is 4.79 Å². The quantitative estimate of drug-likeness (QED) is 0.707. The maximum atomic E-state index is 13.4. The third kappa shape index (κ3) is 2.93. The summed E-state index contributed by atoms with van der Waals surface area (Å²) in [6.45, 7) is 2.48. The number of likely N-dealkylation sites (tertiary alicyclic amines) is 1. The van der Waals surface area contributed by atoms with Gasteiger partial charge in [0.1, 0.15) is 0 Å². The van der Waals surface area contributed by atoms with Gasteiger partial charge in [0.2, 0.25) is 5.91 Å². The highest BCUT2D eigenvalue weighted by molar-refractivity contribution is 7.93. The van der Waals surface area contributed by atoms with Crippen molar-refractivity contribution in [2.75, 3.05) is 33.4 Å². The molecule has 3 heterocycles. The summed E-state index contributed by atoms with van der Waals surface area (Å²) in [6, 6.07) is 4.48. The number of carbonyl (C=O) groups excluding carboxylic acids is 2. The van der Waals surface area contributed by atoms with Crippen molar-refractivity contribution in [2.45, 2.75) is 41.7 Å². The fourth-order valence-corrected chi connectivity index (χ4v) is 6.94. The minimum absolute atomic E-state index is 0.174. The van der Waals surface area contributed by atoms with Crippen LogP contribution in [0.5, 0.6) is 0 Å². The number of aryl methyl sites for hydroxylation is 1. The molecular formula is C20H25NO6S. The van der Waals surface area contributed by atoms with E-state index in [1.54, 1.807) is 11.0 Å². The minimum Gasteiger partial charge on any atom is -0.465 e. The Morgan fingerprint density at radius 3 is 2.75 bits per heavy atom. The molecular weight excluding hydrogens is 382 g/mol. The molecule has 0 N–H and O–H groups in total. The first kappa shape index (κ1) is 19.4. The van der Waals surface area contributed by atoms with Gasteiger partial charge in [-0.15, -0.1) is 0 Å². The van der Waals surface area contributed by atoms with Crippen LogP contribution in [-0.2, 0) is 30.5 Å². The summed E-state index contributed by atoms with van der Waals surface area (Å²) >= 11 is 0. The van der Waals surface area contributed by atoms with E-state index < -0.39 is 20.6 Å². The average Bonchev–Trinajstić information content (AvgIpc) is 3.02. The van der Waals surface area contributed by atoms with Crippen LogP contribution in [0.15, 0.2) is 23.1 Å². The molecule has 7 nitrogen and oxygen atoms in total. The van der Waals surface area contributed by atoms with Gasteiger partial charge < -0.3 is 14.4 Å². The highest BCUT2D eigenvalue weighted by atomic mass is 32.2. The largest absolute Gasteiger partial charge is 0.465 e. The molecule has 1 amide bonds. The smallest absolute Gasteiger partial charge is 0.337 e. The number of carbonyl (C=O) groups is 2. The maximum Gasteiger partial charge on any atom is 0.337 e. The van der Waals surface area contributed by atoms with Crippen molar-refractivity contribution in [1.29, 1.82) is 0 Å². The Hall–Kier alpha value is -1.93. The number of hydrogen-bond acceptors (Lipinski definition) is 6. The standard InChI is InChI=1S/C20H25NO6S/c1-26-18(22)16-2-3-17-15(12-16)4-7-20(28(17,24)25)8-9-21(19(20)23)13-14-5-10-27-11-6-14/h2-3,12,14H,4-11,13H2,1H3. The molecule has 1 spiro atoms. The molecule has 1 unspecified atom stereocenters. The number of benzene rings is 1. The lowest BCUT2D eigenvalue weighted by atomic mass is 9.95. The molecule has 152 valence electrons. The second-order valence-corrected chi connectivity index (χ2v) is 10.1. The molecule has 3 aliphatic rings. The van der Waals surface area contributed by atoms with Gasteiger partial charge in [-0.25, -0.2) is 13.2 Å². The first-order valence-corrected chi connectivity index (χ1v) is 11.2.